The molecule has 4 heteroatoms. The Labute approximate surface area is 102 Å². The van der Waals surface area contributed by atoms with Gasteiger partial charge in [-0.15, -0.1) is 0 Å². The zero-order chi connectivity index (χ0) is 12.1. The van der Waals surface area contributed by atoms with E-state index in [1.165, 1.54) is 32.1 Å². The van der Waals surface area contributed by atoms with Gasteiger partial charge in [-0.3, -0.25) is 4.79 Å². The molecule has 0 aliphatic heterocycles. The molecule has 17 heavy (non-hydrogen) atoms. The molecular formula is C13H21N3O. The van der Waals surface area contributed by atoms with E-state index in [0.29, 0.717) is 5.92 Å². The van der Waals surface area contributed by atoms with Gasteiger partial charge >= 0.3 is 0 Å². The van der Waals surface area contributed by atoms with Gasteiger partial charge in [0.15, 0.2) is 0 Å². The summed E-state index contributed by atoms with van der Waals surface area (Å²) in [4.78, 5) is 19.3. The highest BCUT2D eigenvalue weighted by atomic mass is 16.1. The van der Waals surface area contributed by atoms with Gasteiger partial charge < -0.3 is 10.3 Å². The third-order valence-corrected chi connectivity index (χ3v) is 3.53. The molecule has 0 amide bonds. The maximum atomic E-state index is 11.9. The fraction of sp³-hybridized carbons (Fsp3) is 0.692. The van der Waals surface area contributed by atoms with E-state index in [1.54, 1.807) is 6.20 Å². The standard InChI is InChI=1S/C13H21N3O/c1-14-8-7-11-9-15-12(16-13(11)17)10-5-3-2-4-6-10/h9-10,14H,2-8H2,1H3,(H,15,16,17). The van der Waals surface area contributed by atoms with Crippen LogP contribution in [0.1, 0.15) is 49.4 Å². The average Bonchev–Trinajstić information content (AvgIpc) is 2.38. The number of H-pyrrole nitrogens is 1. The molecule has 1 aliphatic rings. The fourth-order valence-electron chi connectivity index (χ4n) is 2.46. The molecule has 1 aromatic rings. The summed E-state index contributed by atoms with van der Waals surface area (Å²) in [6.45, 7) is 0.813. The molecule has 0 radical (unpaired) electrons. The summed E-state index contributed by atoms with van der Waals surface area (Å²) >= 11 is 0. The smallest absolute Gasteiger partial charge is 0.254 e. The number of aromatic amines is 1. The molecule has 1 heterocycles. The number of hydrogen-bond acceptors (Lipinski definition) is 3. The topological polar surface area (TPSA) is 57.8 Å². The lowest BCUT2D eigenvalue weighted by molar-refractivity contribution is 0.427. The molecule has 0 spiro atoms. The summed E-state index contributed by atoms with van der Waals surface area (Å²) in [5.74, 6) is 1.36. The minimum Gasteiger partial charge on any atom is -0.319 e. The molecule has 0 unspecified atom stereocenters. The number of aromatic nitrogens is 2. The lowest BCUT2D eigenvalue weighted by Gasteiger charge is -2.20. The quantitative estimate of drug-likeness (QED) is 0.833. The summed E-state index contributed by atoms with van der Waals surface area (Å²) in [5.41, 5.74) is 0.815. The Kier molecular flexibility index (Phi) is 4.31. The molecule has 0 aromatic carbocycles. The van der Waals surface area contributed by atoms with E-state index in [1.807, 2.05) is 7.05 Å². The van der Waals surface area contributed by atoms with Crippen LogP contribution in [-0.2, 0) is 6.42 Å². The molecule has 2 N–H and O–H groups in total. The van der Waals surface area contributed by atoms with Crippen molar-refractivity contribution in [1.82, 2.24) is 15.3 Å². The van der Waals surface area contributed by atoms with Crippen molar-refractivity contribution in [3.05, 3.63) is 27.9 Å². The van der Waals surface area contributed by atoms with Crippen LogP contribution in [0.25, 0.3) is 0 Å². The molecule has 1 aromatic heterocycles. The van der Waals surface area contributed by atoms with Crippen LogP contribution in [-0.4, -0.2) is 23.6 Å². The highest BCUT2D eigenvalue weighted by molar-refractivity contribution is 5.09. The number of rotatable bonds is 4. The predicted molar refractivity (Wildman–Crippen MR) is 68.3 cm³/mol. The Hall–Kier alpha value is -1.16. The molecule has 4 nitrogen and oxygen atoms in total. The van der Waals surface area contributed by atoms with E-state index in [9.17, 15) is 4.79 Å². The van der Waals surface area contributed by atoms with E-state index in [2.05, 4.69) is 15.3 Å². The van der Waals surface area contributed by atoms with Gasteiger partial charge in [-0.25, -0.2) is 4.98 Å². The van der Waals surface area contributed by atoms with Gasteiger partial charge in [-0.1, -0.05) is 19.3 Å². The first kappa shape index (κ1) is 12.3. The van der Waals surface area contributed by atoms with Crippen LogP contribution in [0.5, 0.6) is 0 Å². The number of likely N-dealkylation sites (N-methyl/N-ethyl adjacent to an activating group) is 1. The summed E-state index contributed by atoms with van der Waals surface area (Å²) < 4.78 is 0. The monoisotopic (exact) mass is 235 g/mol. The van der Waals surface area contributed by atoms with Crippen LogP contribution >= 0.6 is 0 Å². The highest BCUT2D eigenvalue weighted by Gasteiger charge is 2.17. The number of nitrogens with zero attached hydrogens (tertiary/aromatic N) is 1. The molecule has 1 saturated carbocycles. The third-order valence-electron chi connectivity index (χ3n) is 3.53. The van der Waals surface area contributed by atoms with Crippen molar-refractivity contribution in [3.8, 4) is 0 Å². The maximum absolute atomic E-state index is 11.9. The predicted octanol–water partition coefficient (Wildman–Crippen LogP) is 1.58. The van der Waals surface area contributed by atoms with E-state index >= 15 is 0 Å². The first-order valence-electron chi connectivity index (χ1n) is 6.54. The van der Waals surface area contributed by atoms with Crippen molar-refractivity contribution >= 4 is 0 Å². The second-order valence-corrected chi connectivity index (χ2v) is 4.81. The summed E-state index contributed by atoms with van der Waals surface area (Å²) in [6.07, 6.45) is 8.66. The van der Waals surface area contributed by atoms with Gasteiger partial charge in [0.1, 0.15) is 5.82 Å². The van der Waals surface area contributed by atoms with E-state index in [-0.39, 0.29) is 5.56 Å². The summed E-state index contributed by atoms with van der Waals surface area (Å²) in [5, 5.41) is 3.04. The van der Waals surface area contributed by atoms with Gasteiger partial charge in [0.2, 0.25) is 0 Å². The van der Waals surface area contributed by atoms with Crippen LogP contribution in [0.2, 0.25) is 0 Å². The minimum atomic E-state index is 0.0378. The van der Waals surface area contributed by atoms with Crippen LogP contribution in [0.4, 0.5) is 0 Å². The van der Waals surface area contributed by atoms with Crippen molar-refractivity contribution in [3.63, 3.8) is 0 Å². The van der Waals surface area contributed by atoms with Crippen molar-refractivity contribution in [2.24, 2.45) is 0 Å². The van der Waals surface area contributed by atoms with E-state index in [4.69, 9.17) is 0 Å². The molecule has 0 atom stereocenters. The third kappa shape index (κ3) is 3.16. The van der Waals surface area contributed by atoms with Crippen LogP contribution < -0.4 is 10.9 Å². The van der Waals surface area contributed by atoms with Crippen LogP contribution in [0.3, 0.4) is 0 Å². The molecule has 0 bridgehead atoms. The Bertz CT molecular complexity index is 407. The zero-order valence-electron chi connectivity index (χ0n) is 10.5. The zero-order valence-corrected chi connectivity index (χ0v) is 10.5. The van der Waals surface area contributed by atoms with Gasteiger partial charge in [-0.05, 0) is 32.9 Å². The highest BCUT2D eigenvalue weighted by Crippen LogP contribution is 2.29. The van der Waals surface area contributed by atoms with Crippen molar-refractivity contribution in [2.75, 3.05) is 13.6 Å². The largest absolute Gasteiger partial charge is 0.319 e. The maximum Gasteiger partial charge on any atom is 0.254 e. The van der Waals surface area contributed by atoms with Crippen LogP contribution in [0, 0.1) is 0 Å². The molecule has 94 valence electrons. The van der Waals surface area contributed by atoms with Gasteiger partial charge in [0, 0.05) is 17.7 Å². The summed E-state index contributed by atoms with van der Waals surface area (Å²) in [6, 6.07) is 0. The molecule has 1 aliphatic carbocycles. The Morgan fingerprint density at radius 2 is 2.18 bits per heavy atom. The Morgan fingerprint density at radius 3 is 2.82 bits per heavy atom. The second kappa shape index (κ2) is 5.96. The van der Waals surface area contributed by atoms with Crippen molar-refractivity contribution in [1.29, 1.82) is 0 Å². The minimum absolute atomic E-state index is 0.0378. The first-order valence-corrected chi connectivity index (χ1v) is 6.54. The van der Waals surface area contributed by atoms with Crippen molar-refractivity contribution < 1.29 is 0 Å². The van der Waals surface area contributed by atoms with Gasteiger partial charge in [0.25, 0.3) is 5.56 Å². The lowest BCUT2D eigenvalue weighted by Crippen LogP contribution is -2.22. The Balaban J connectivity index is 2.09. The lowest BCUT2D eigenvalue weighted by atomic mass is 9.89. The molecular weight excluding hydrogens is 214 g/mol. The Morgan fingerprint density at radius 1 is 1.41 bits per heavy atom. The number of hydrogen-bond donors (Lipinski definition) is 2. The second-order valence-electron chi connectivity index (χ2n) is 4.81. The molecule has 1 fully saturated rings. The molecule has 2 rings (SSSR count). The van der Waals surface area contributed by atoms with Crippen molar-refractivity contribution in [2.45, 2.75) is 44.4 Å². The van der Waals surface area contributed by atoms with Crippen LogP contribution in [0.15, 0.2) is 11.0 Å². The van der Waals surface area contributed by atoms with Gasteiger partial charge in [0.05, 0.1) is 0 Å². The first-order chi connectivity index (χ1) is 8.31. The SMILES string of the molecule is CNCCc1cnc(C2CCCCC2)[nH]c1=O. The van der Waals surface area contributed by atoms with E-state index in [0.717, 1.165) is 24.4 Å². The van der Waals surface area contributed by atoms with Gasteiger partial charge in [-0.2, -0.15) is 0 Å². The summed E-state index contributed by atoms with van der Waals surface area (Å²) in [7, 11) is 1.89. The average molecular weight is 235 g/mol. The van der Waals surface area contributed by atoms with E-state index < -0.39 is 0 Å². The normalized spacial score (nSPS) is 17.2. The fourth-order valence-corrected chi connectivity index (χ4v) is 2.46. The number of nitrogens with one attached hydrogen (secondary N) is 2. The molecule has 0 saturated heterocycles.